The van der Waals surface area contributed by atoms with Crippen molar-refractivity contribution in [3.8, 4) is 0 Å². The van der Waals surface area contributed by atoms with Crippen LogP contribution < -0.4 is 10.9 Å². The molecule has 1 aliphatic rings. The van der Waals surface area contributed by atoms with Crippen LogP contribution in [0.4, 0.5) is 0 Å². The molecule has 1 aromatic carbocycles. The van der Waals surface area contributed by atoms with Crippen LogP contribution in [0.3, 0.4) is 0 Å². The third kappa shape index (κ3) is 4.16. The summed E-state index contributed by atoms with van der Waals surface area (Å²) in [6, 6.07) is 1.11. The topological polar surface area (TPSA) is 110 Å². The van der Waals surface area contributed by atoms with Crippen LogP contribution in [0.25, 0.3) is 21.9 Å². The van der Waals surface area contributed by atoms with E-state index in [0.29, 0.717) is 17.6 Å². The molecule has 0 spiro atoms. The number of hydrogen-bond acceptors (Lipinski definition) is 5. The van der Waals surface area contributed by atoms with E-state index in [0.717, 1.165) is 58.9 Å². The molecule has 7 heteroatoms. The van der Waals surface area contributed by atoms with E-state index in [9.17, 15) is 19.5 Å². The third-order valence-corrected chi connectivity index (χ3v) is 7.12. The largest absolute Gasteiger partial charge is 0.480 e. The molecular weight excluding hydrogens is 422 g/mol. The summed E-state index contributed by atoms with van der Waals surface area (Å²) in [4.78, 5) is 36.8. The Morgan fingerprint density at radius 3 is 2.48 bits per heavy atom. The van der Waals surface area contributed by atoms with Gasteiger partial charge in [0.1, 0.15) is 23.0 Å². The number of benzene rings is 1. The minimum Gasteiger partial charge on any atom is -0.480 e. The first-order valence-electron chi connectivity index (χ1n) is 11.7. The molecule has 0 radical (unpaired) electrons. The smallest absolute Gasteiger partial charge is 0.339 e. The van der Waals surface area contributed by atoms with Crippen LogP contribution in [-0.2, 0) is 28.9 Å². The van der Waals surface area contributed by atoms with Gasteiger partial charge in [0.25, 0.3) is 0 Å². The highest BCUT2D eigenvalue weighted by molar-refractivity contribution is 6.00. The maximum Gasteiger partial charge on any atom is 0.339 e. The fourth-order valence-electron chi connectivity index (χ4n) is 4.87. The molecule has 2 unspecified atom stereocenters. The van der Waals surface area contributed by atoms with Crippen LogP contribution in [0, 0.1) is 19.8 Å². The number of nitrogens with one attached hydrogen (secondary N) is 1. The normalized spacial score (nSPS) is 15.4. The Bertz CT molecular complexity index is 1300. The third-order valence-electron chi connectivity index (χ3n) is 7.12. The molecule has 0 fully saturated rings. The first-order chi connectivity index (χ1) is 15.7. The molecule has 0 bridgehead atoms. The van der Waals surface area contributed by atoms with Gasteiger partial charge < -0.3 is 19.3 Å². The van der Waals surface area contributed by atoms with Crippen molar-refractivity contribution in [1.29, 1.82) is 0 Å². The van der Waals surface area contributed by atoms with E-state index in [1.165, 1.54) is 5.56 Å². The van der Waals surface area contributed by atoms with Crippen molar-refractivity contribution in [2.24, 2.45) is 5.92 Å². The zero-order chi connectivity index (χ0) is 23.9. The molecule has 176 valence electrons. The maximum atomic E-state index is 12.8. The molecule has 4 rings (SSSR count). The molecule has 0 saturated carbocycles. The van der Waals surface area contributed by atoms with Gasteiger partial charge in [0.05, 0.1) is 0 Å². The fraction of sp³-hybridized carbons (Fsp3) is 0.500. The van der Waals surface area contributed by atoms with Gasteiger partial charge in [-0.1, -0.05) is 20.3 Å². The second kappa shape index (κ2) is 9.04. The summed E-state index contributed by atoms with van der Waals surface area (Å²) in [6.07, 6.45) is 4.99. The Morgan fingerprint density at radius 1 is 1.09 bits per heavy atom. The lowest BCUT2D eigenvalue weighted by atomic mass is 9.93. The van der Waals surface area contributed by atoms with Crippen molar-refractivity contribution in [2.75, 3.05) is 0 Å². The van der Waals surface area contributed by atoms with E-state index in [4.69, 9.17) is 8.83 Å². The zero-order valence-corrected chi connectivity index (χ0v) is 19.7. The summed E-state index contributed by atoms with van der Waals surface area (Å²) >= 11 is 0. The quantitative estimate of drug-likeness (QED) is 0.507. The van der Waals surface area contributed by atoms with E-state index in [1.807, 2.05) is 20.8 Å². The lowest BCUT2D eigenvalue weighted by Gasteiger charge is -2.20. The minimum atomic E-state index is -1.05. The average molecular weight is 454 g/mol. The van der Waals surface area contributed by atoms with Crippen molar-refractivity contribution < 1.29 is 23.5 Å². The predicted molar refractivity (Wildman–Crippen MR) is 126 cm³/mol. The van der Waals surface area contributed by atoms with Crippen molar-refractivity contribution >= 4 is 33.8 Å². The van der Waals surface area contributed by atoms with E-state index in [2.05, 4.69) is 11.4 Å². The van der Waals surface area contributed by atoms with Crippen LogP contribution in [0.2, 0.25) is 0 Å². The number of carbonyl (C=O) groups excluding carboxylic acids is 1. The van der Waals surface area contributed by atoms with E-state index >= 15 is 0 Å². The van der Waals surface area contributed by atoms with Crippen LogP contribution in [0.5, 0.6) is 0 Å². The number of carbonyl (C=O) groups is 2. The monoisotopic (exact) mass is 453 g/mol. The zero-order valence-electron chi connectivity index (χ0n) is 19.7. The maximum absolute atomic E-state index is 12.8. The Balaban J connectivity index is 1.66. The number of fused-ring (bicyclic) bond motifs is 4. The highest BCUT2D eigenvalue weighted by atomic mass is 16.4. The van der Waals surface area contributed by atoms with E-state index < -0.39 is 23.5 Å². The number of carboxylic acids is 1. The summed E-state index contributed by atoms with van der Waals surface area (Å²) in [5, 5.41) is 13.9. The molecule has 2 atom stereocenters. The van der Waals surface area contributed by atoms with Gasteiger partial charge in [0, 0.05) is 40.3 Å². The number of rotatable bonds is 7. The first-order valence-corrected chi connectivity index (χ1v) is 11.7. The van der Waals surface area contributed by atoms with Crippen molar-refractivity contribution in [2.45, 2.75) is 78.7 Å². The van der Waals surface area contributed by atoms with Gasteiger partial charge in [-0.3, -0.25) is 4.79 Å². The Kier molecular flexibility index (Phi) is 6.32. The molecule has 1 aliphatic carbocycles. The van der Waals surface area contributed by atoms with Crippen molar-refractivity contribution in [1.82, 2.24) is 5.32 Å². The number of aryl methyl sites for hydroxylation is 4. The SMILES string of the molecule is CCC(C)C(NC(=O)CCc1c(C)c2cc3c4c(oc3c(C)c2oc1=O)CCCC4)C(=O)O. The lowest BCUT2D eigenvalue weighted by Crippen LogP contribution is -2.45. The van der Waals surface area contributed by atoms with Gasteiger partial charge in [-0.05, 0) is 57.1 Å². The standard InChI is InChI=1S/C26H31NO6/c1-5-13(2)22(25(29)30)27-21(28)11-10-16-14(3)18-12-19-17-8-6-7-9-20(17)32-24(19)15(4)23(18)33-26(16)31/h12-13,22H,5-11H2,1-4H3,(H,27,28)(H,29,30). The Labute approximate surface area is 192 Å². The van der Waals surface area contributed by atoms with Crippen molar-refractivity contribution in [3.05, 3.63) is 44.5 Å². The van der Waals surface area contributed by atoms with Crippen molar-refractivity contribution in [3.63, 3.8) is 0 Å². The van der Waals surface area contributed by atoms with Crippen LogP contribution in [0.15, 0.2) is 19.7 Å². The van der Waals surface area contributed by atoms with Gasteiger partial charge in [0.15, 0.2) is 0 Å². The van der Waals surface area contributed by atoms with Crippen LogP contribution in [-0.4, -0.2) is 23.0 Å². The molecule has 2 heterocycles. The number of aliphatic carboxylic acids is 1. The molecule has 3 aromatic rings. The summed E-state index contributed by atoms with van der Waals surface area (Å²) in [5.41, 5.74) is 4.15. The predicted octanol–water partition coefficient (Wildman–Crippen LogP) is 4.58. The van der Waals surface area contributed by atoms with E-state index in [-0.39, 0.29) is 18.8 Å². The Morgan fingerprint density at radius 2 is 1.79 bits per heavy atom. The fourth-order valence-corrected chi connectivity index (χ4v) is 4.87. The molecule has 0 aliphatic heterocycles. The summed E-state index contributed by atoms with van der Waals surface area (Å²) in [7, 11) is 0. The first kappa shape index (κ1) is 23.1. The Hall–Kier alpha value is -3.09. The minimum absolute atomic E-state index is 0.0135. The molecule has 2 N–H and O–H groups in total. The number of carboxylic acid groups (broad SMARTS) is 1. The van der Waals surface area contributed by atoms with Gasteiger partial charge in [-0.25, -0.2) is 9.59 Å². The van der Waals surface area contributed by atoms with Gasteiger partial charge >= 0.3 is 11.6 Å². The highest BCUT2D eigenvalue weighted by Gasteiger charge is 2.26. The van der Waals surface area contributed by atoms with Crippen LogP contribution in [0.1, 0.15) is 67.5 Å². The summed E-state index contributed by atoms with van der Waals surface area (Å²) < 4.78 is 11.9. The second-order valence-electron chi connectivity index (χ2n) is 9.23. The molecule has 1 amide bonds. The summed E-state index contributed by atoms with van der Waals surface area (Å²) in [5.74, 6) is -0.606. The van der Waals surface area contributed by atoms with E-state index in [1.54, 1.807) is 6.92 Å². The number of hydrogen-bond donors (Lipinski definition) is 2. The molecular formula is C26H31NO6. The number of furan rings is 1. The average Bonchev–Trinajstić information content (AvgIpc) is 3.16. The molecule has 2 aromatic heterocycles. The number of amides is 1. The van der Waals surface area contributed by atoms with Gasteiger partial charge in [-0.15, -0.1) is 0 Å². The van der Waals surface area contributed by atoms with Gasteiger partial charge in [-0.2, -0.15) is 0 Å². The highest BCUT2D eigenvalue weighted by Crippen LogP contribution is 2.38. The van der Waals surface area contributed by atoms with Crippen LogP contribution >= 0.6 is 0 Å². The van der Waals surface area contributed by atoms with Gasteiger partial charge in [0.2, 0.25) is 5.91 Å². The second-order valence-corrected chi connectivity index (χ2v) is 9.23. The molecule has 7 nitrogen and oxygen atoms in total. The molecule has 0 saturated heterocycles. The summed E-state index contributed by atoms with van der Waals surface area (Å²) in [6.45, 7) is 7.46. The molecule has 33 heavy (non-hydrogen) atoms. The lowest BCUT2D eigenvalue weighted by molar-refractivity contribution is -0.143.